The Hall–Kier alpha value is -2.74. The summed E-state index contributed by atoms with van der Waals surface area (Å²) in [6.07, 6.45) is -0.102. The van der Waals surface area contributed by atoms with Crippen LogP contribution in [0, 0.1) is 6.92 Å². The largest absolute Gasteiger partial charge is 0.379 e. The van der Waals surface area contributed by atoms with Crippen molar-refractivity contribution in [2.45, 2.75) is 26.0 Å². The molecule has 0 aromatic heterocycles. The molecule has 1 heterocycles. The lowest BCUT2D eigenvalue weighted by Crippen LogP contribution is -2.45. The van der Waals surface area contributed by atoms with Gasteiger partial charge in [0.25, 0.3) is 0 Å². The second-order valence-electron chi connectivity index (χ2n) is 7.74. The maximum atomic E-state index is 12.5. The summed E-state index contributed by atoms with van der Waals surface area (Å²) >= 11 is 0. The van der Waals surface area contributed by atoms with Gasteiger partial charge in [0.2, 0.25) is 0 Å². The van der Waals surface area contributed by atoms with Crippen LogP contribution in [0.5, 0.6) is 0 Å². The predicted octanol–water partition coefficient (Wildman–Crippen LogP) is 2.83. The first-order chi connectivity index (χ1) is 15.0. The molecule has 1 aliphatic rings. The van der Waals surface area contributed by atoms with E-state index < -0.39 is 11.8 Å². The van der Waals surface area contributed by atoms with Crippen molar-refractivity contribution in [3.8, 4) is 0 Å². The number of carbonyl (C=O) groups excluding carboxylic acids is 2. The lowest BCUT2D eigenvalue weighted by atomic mass is 10.0. The molecule has 0 spiro atoms. The molecule has 3 rings (SSSR count). The zero-order chi connectivity index (χ0) is 22.2. The molecule has 0 aliphatic carbocycles. The Kier molecular flexibility index (Phi) is 8.17. The first kappa shape index (κ1) is 22.9. The lowest BCUT2D eigenvalue weighted by Gasteiger charge is -2.35. The van der Waals surface area contributed by atoms with Crippen molar-refractivity contribution in [2.24, 2.45) is 0 Å². The molecular weight excluding hydrogens is 394 g/mol. The zero-order valence-corrected chi connectivity index (χ0v) is 18.4. The molecule has 0 bridgehead atoms. The predicted molar refractivity (Wildman–Crippen MR) is 120 cm³/mol. The Morgan fingerprint density at radius 3 is 2.45 bits per heavy atom. The number of nitrogens with zero attached hydrogens (tertiary/aromatic N) is 1. The monoisotopic (exact) mass is 425 g/mol. The Balaban J connectivity index is 1.63. The van der Waals surface area contributed by atoms with Gasteiger partial charge in [-0.05, 0) is 37.1 Å². The summed E-state index contributed by atoms with van der Waals surface area (Å²) in [5.74, 6) is -1.34. The summed E-state index contributed by atoms with van der Waals surface area (Å²) in [6.45, 7) is 7.19. The van der Waals surface area contributed by atoms with Crippen LogP contribution < -0.4 is 10.6 Å². The van der Waals surface area contributed by atoms with Gasteiger partial charge in [-0.2, -0.15) is 0 Å². The number of ether oxygens (including phenoxy) is 2. The molecule has 1 fully saturated rings. The summed E-state index contributed by atoms with van der Waals surface area (Å²) in [5, 5.41) is 5.48. The maximum Gasteiger partial charge on any atom is 0.313 e. The number of methoxy groups -OCH3 is 1. The molecule has 31 heavy (non-hydrogen) atoms. The van der Waals surface area contributed by atoms with E-state index in [1.807, 2.05) is 32.0 Å². The van der Waals surface area contributed by atoms with E-state index in [9.17, 15) is 9.59 Å². The van der Waals surface area contributed by atoms with E-state index in [0.717, 1.165) is 24.2 Å². The summed E-state index contributed by atoms with van der Waals surface area (Å²) in [5.41, 5.74) is 3.77. The van der Waals surface area contributed by atoms with Crippen molar-refractivity contribution in [1.82, 2.24) is 10.2 Å². The van der Waals surface area contributed by atoms with Crippen LogP contribution in [0.4, 0.5) is 5.69 Å². The number of anilines is 1. The van der Waals surface area contributed by atoms with Gasteiger partial charge in [-0.1, -0.05) is 42.0 Å². The van der Waals surface area contributed by atoms with Gasteiger partial charge in [0, 0.05) is 32.4 Å². The Morgan fingerprint density at radius 2 is 1.77 bits per heavy atom. The minimum absolute atomic E-state index is 0.0212. The third-order valence-electron chi connectivity index (χ3n) is 5.58. The molecule has 2 atom stereocenters. The molecule has 2 unspecified atom stereocenters. The number of amides is 2. The SMILES string of the molecule is COC(C)c1cccc(NC(=O)C(=O)NCC(c2ccc(C)cc2)N2CCOCC2)c1. The second kappa shape index (κ2) is 11.0. The summed E-state index contributed by atoms with van der Waals surface area (Å²) < 4.78 is 10.8. The number of rotatable bonds is 7. The first-order valence-corrected chi connectivity index (χ1v) is 10.6. The standard InChI is InChI=1S/C24H31N3O4/c1-17-7-9-19(10-8-17)22(27-11-13-31-14-12-27)16-25-23(28)24(29)26-21-6-4-5-20(15-21)18(2)30-3/h4-10,15,18,22H,11-14,16H2,1-3H3,(H,25,28)(H,26,29). The quantitative estimate of drug-likeness (QED) is 0.667. The highest BCUT2D eigenvalue weighted by Gasteiger charge is 2.24. The van der Waals surface area contributed by atoms with Crippen molar-refractivity contribution in [1.29, 1.82) is 0 Å². The van der Waals surface area contributed by atoms with Gasteiger partial charge in [0.15, 0.2) is 0 Å². The Labute approximate surface area is 183 Å². The molecule has 1 saturated heterocycles. The van der Waals surface area contributed by atoms with Crippen molar-refractivity contribution in [2.75, 3.05) is 45.3 Å². The molecule has 2 aromatic carbocycles. The van der Waals surface area contributed by atoms with E-state index in [2.05, 4.69) is 39.8 Å². The van der Waals surface area contributed by atoms with E-state index >= 15 is 0 Å². The fraction of sp³-hybridized carbons (Fsp3) is 0.417. The molecule has 2 N–H and O–H groups in total. The molecule has 166 valence electrons. The number of benzene rings is 2. The average molecular weight is 426 g/mol. The highest BCUT2D eigenvalue weighted by atomic mass is 16.5. The van der Waals surface area contributed by atoms with Crippen LogP contribution in [0.3, 0.4) is 0 Å². The first-order valence-electron chi connectivity index (χ1n) is 10.6. The van der Waals surface area contributed by atoms with Crippen LogP contribution >= 0.6 is 0 Å². The average Bonchev–Trinajstić information content (AvgIpc) is 2.80. The smallest absolute Gasteiger partial charge is 0.313 e. The van der Waals surface area contributed by atoms with Gasteiger partial charge in [-0.3, -0.25) is 14.5 Å². The number of nitrogens with one attached hydrogen (secondary N) is 2. The normalized spacial score (nSPS) is 16.4. The number of carbonyl (C=O) groups is 2. The third-order valence-corrected chi connectivity index (χ3v) is 5.58. The Morgan fingerprint density at radius 1 is 1.06 bits per heavy atom. The lowest BCUT2D eigenvalue weighted by molar-refractivity contribution is -0.136. The highest BCUT2D eigenvalue weighted by molar-refractivity contribution is 6.39. The minimum Gasteiger partial charge on any atom is -0.379 e. The Bertz CT molecular complexity index is 879. The fourth-order valence-electron chi connectivity index (χ4n) is 3.60. The molecule has 7 heteroatoms. The van der Waals surface area contributed by atoms with Gasteiger partial charge >= 0.3 is 11.8 Å². The van der Waals surface area contributed by atoms with Crippen LogP contribution in [-0.4, -0.2) is 56.7 Å². The van der Waals surface area contributed by atoms with E-state index in [1.54, 1.807) is 13.2 Å². The van der Waals surface area contributed by atoms with E-state index in [1.165, 1.54) is 5.56 Å². The zero-order valence-electron chi connectivity index (χ0n) is 18.4. The van der Waals surface area contributed by atoms with Crippen LogP contribution in [0.25, 0.3) is 0 Å². The highest BCUT2D eigenvalue weighted by Crippen LogP contribution is 2.22. The molecule has 7 nitrogen and oxygen atoms in total. The molecular formula is C24H31N3O4. The summed E-state index contributed by atoms with van der Waals surface area (Å²) in [6, 6.07) is 15.5. The summed E-state index contributed by atoms with van der Waals surface area (Å²) in [4.78, 5) is 27.2. The van der Waals surface area contributed by atoms with Gasteiger partial charge in [-0.25, -0.2) is 0 Å². The second-order valence-corrected chi connectivity index (χ2v) is 7.74. The summed E-state index contributed by atoms with van der Waals surface area (Å²) in [7, 11) is 1.63. The van der Waals surface area contributed by atoms with Crippen molar-refractivity contribution >= 4 is 17.5 Å². The van der Waals surface area contributed by atoms with E-state index in [0.29, 0.717) is 25.4 Å². The van der Waals surface area contributed by atoms with E-state index in [-0.39, 0.29) is 12.1 Å². The number of aryl methyl sites for hydroxylation is 1. The van der Waals surface area contributed by atoms with Crippen LogP contribution in [-0.2, 0) is 19.1 Å². The number of morpholine rings is 1. The third kappa shape index (κ3) is 6.37. The molecule has 2 amide bonds. The van der Waals surface area contributed by atoms with Gasteiger partial charge in [0.05, 0.1) is 25.4 Å². The van der Waals surface area contributed by atoms with Gasteiger partial charge in [-0.15, -0.1) is 0 Å². The van der Waals surface area contributed by atoms with E-state index in [4.69, 9.17) is 9.47 Å². The van der Waals surface area contributed by atoms with Crippen LogP contribution in [0.2, 0.25) is 0 Å². The van der Waals surface area contributed by atoms with Crippen molar-refractivity contribution in [3.05, 3.63) is 65.2 Å². The van der Waals surface area contributed by atoms with Gasteiger partial charge in [0.1, 0.15) is 0 Å². The molecule has 0 saturated carbocycles. The number of hydrogen-bond acceptors (Lipinski definition) is 5. The molecule has 0 radical (unpaired) electrons. The van der Waals surface area contributed by atoms with Crippen molar-refractivity contribution in [3.63, 3.8) is 0 Å². The fourth-order valence-corrected chi connectivity index (χ4v) is 3.60. The molecule has 1 aliphatic heterocycles. The van der Waals surface area contributed by atoms with Crippen LogP contribution in [0.1, 0.15) is 35.8 Å². The van der Waals surface area contributed by atoms with Crippen LogP contribution in [0.15, 0.2) is 48.5 Å². The maximum absolute atomic E-state index is 12.5. The van der Waals surface area contributed by atoms with Crippen molar-refractivity contribution < 1.29 is 19.1 Å². The van der Waals surface area contributed by atoms with Gasteiger partial charge < -0.3 is 20.1 Å². The minimum atomic E-state index is -0.688. The topological polar surface area (TPSA) is 79.9 Å². The number of hydrogen-bond donors (Lipinski definition) is 2. The molecule has 2 aromatic rings.